The van der Waals surface area contributed by atoms with E-state index in [0.29, 0.717) is 23.7 Å². The Morgan fingerprint density at radius 3 is 2.72 bits per heavy atom. The molecule has 0 aliphatic rings. The summed E-state index contributed by atoms with van der Waals surface area (Å²) in [6.45, 7) is 2.30. The smallest absolute Gasteiger partial charge is 0.219 e. The fourth-order valence-electron chi connectivity index (χ4n) is 1.54. The minimum atomic E-state index is -0.285. The zero-order valence-corrected chi connectivity index (χ0v) is 10.2. The number of hydrogen-bond donors (Lipinski definition) is 1. The molecule has 0 radical (unpaired) electrons. The Hall–Kier alpha value is -1.94. The predicted octanol–water partition coefficient (Wildman–Crippen LogP) is 2.82. The van der Waals surface area contributed by atoms with Crippen molar-refractivity contribution in [1.82, 2.24) is 4.98 Å². The second-order valence-corrected chi connectivity index (χ2v) is 4.06. The standard InChI is InChI=1S/C14H15FN2O/c1-10-2-4-12(8-13(10)15)18-14-5-3-11(6-7-16)9-17-14/h2-5,8-9H,6-7,16H2,1H3. The summed E-state index contributed by atoms with van der Waals surface area (Å²) in [4.78, 5) is 4.14. The van der Waals surface area contributed by atoms with Crippen molar-refractivity contribution >= 4 is 0 Å². The number of benzene rings is 1. The number of hydrogen-bond acceptors (Lipinski definition) is 3. The zero-order valence-electron chi connectivity index (χ0n) is 10.2. The van der Waals surface area contributed by atoms with E-state index in [1.807, 2.05) is 6.07 Å². The summed E-state index contributed by atoms with van der Waals surface area (Å²) in [6.07, 6.45) is 2.50. The van der Waals surface area contributed by atoms with Crippen LogP contribution in [0.15, 0.2) is 36.5 Å². The first kappa shape index (κ1) is 12.5. The van der Waals surface area contributed by atoms with Crippen molar-refractivity contribution in [2.45, 2.75) is 13.3 Å². The minimum absolute atomic E-state index is 0.285. The molecule has 0 amide bonds. The van der Waals surface area contributed by atoms with Gasteiger partial charge in [0.2, 0.25) is 5.88 Å². The molecule has 1 aromatic carbocycles. The molecule has 0 aliphatic heterocycles. The molecule has 2 N–H and O–H groups in total. The van der Waals surface area contributed by atoms with E-state index in [-0.39, 0.29) is 5.82 Å². The fourth-order valence-corrected chi connectivity index (χ4v) is 1.54. The second kappa shape index (κ2) is 5.60. The molecule has 0 fully saturated rings. The van der Waals surface area contributed by atoms with E-state index in [4.69, 9.17) is 10.5 Å². The third kappa shape index (κ3) is 3.05. The molecule has 2 rings (SSSR count). The lowest BCUT2D eigenvalue weighted by molar-refractivity contribution is 0.457. The molecule has 2 aromatic rings. The van der Waals surface area contributed by atoms with Gasteiger partial charge in [-0.2, -0.15) is 0 Å². The quantitative estimate of drug-likeness (QED) is 0.902. The molecule has 0 saturated carbocycles. The first-order chi connectivity index (χ1) is 8.69. The number of pyridine rings is 1. The third-order valence-electron chi connectivity index (χ3n) is 2.60. The largest absolute Gasteiger partial charge is 0.439 e. The highest BCUT2D eigenvalue weighted by molar-refractivity contribution is 5.31. The Balaban J connectivity index is 2.10. The van der Waals surface area contributed by atoms with Crippen molar-refractivity contribution in [2.75, 3.05) is 6.54 Å². The highest BCUT2D eigenvalue weighted by atomic mass is 19.1. The number of aryl methyl sites for hydroxylation is 1. The van der Waals surface area contributed by atoms with E-state index >= 15 is 0 Å². The second-order valence-electron chi connectivity index (χ2n) is 4.06. The van der Waals surface area contributed by atoms with Gasteiger partial charge in [0.15, 0.2) is 0 Å². The van der Waals surface area contributed by atoms with Crippen molar-refractivity contribution in [2.24, 2.45) is 5.73 Å². The van der Waals surface area contributed by atoms with Crippen molar-refractivity contribution in [3.8, 4) is 11.6 Å². The summed E-state index contributed by atoms with van der Waals surface area (Å²) in [5.74, 6) is 0.600. The first-order valence-electron chi connectivity index (χ1n) is 5.78. The van der Waals surface area contributed by atoms with Gasteiger partial charge in [-0.3, -0.25) is 0 Å². The van der Waals surface area contributed by atoms with Crippen LogP contribution in [-0.4, -0.2) is 11.5 Å². The number of halogens is 1. The summed E-state index contributed by atoms with van der Waals surface area (Å²) in [7, 11) is 0. The van der Waals surface area contributed by atoms with Crippen LogP contribution < -0.4 is 10.5 Å². The van der Waals surface area contributed by atoms with Crippen LogP contribution >= 0.6 is 0 Å². The van der Waals surface area contributed by atoms with E-state index < -0.39 is 0 Å². The highest BCUT2D eigenvalue weighted by Crippen LogP contribution is 2.21. The fraction of sp³-hybridized carbons (Fsp3) is 0.214. The lowest BCUT2D eigenvalue weighted by atomic mass is 10.2. The molecule has 0 unspecified atom stereocenters. The zero-order chi connectivity index (χ0) is 13.0. The van der Waals surface area contributed by atoms with E-state index in [1.165, 1.54) is 6.07 Å². The van der Waals surface area contributed by atoms with Crippen LogP contribution in [0.1, 0.15) is 11.1 Å². The van der Waals surface area contributed by atoms with Crippen molar-refractivity contribution < 1.29 is 9.13 Å². The molecule has 4 heteroatoms. The number of nitrogens with two attached hydrogens (primary N) is 1. The molecule has 94 valence electrons. The van der Waals surface area contributed by atoms with Crippen LogP contribution in [0.25, 0.3) is 0 Å². The summed E-state index contributed by atoms with van der Waals surface area (Å²) in [6, 6.07) is 8.40. The van der Waals surface area contributed by atoms with Crippen LogP contribution in [0.3, 0.4) is 0 Å². The topological polar surface area (TPSA) is 48.1 Å². The van der Waals surface area contributed by atoms with Crippen LogP contribution in [0.2, 0.25) is 0 Å². The van der Waals surface area contributed by atoms with Gasteiger partial charge in [0.05, 0.1) is 0 Å². The van der Waals surface area contributed by atoms with Gasteiger partial charge in [0, 0.05) is 18.3 Å². The van der Waals surface area contributed by atoms with Crippen LogP contribution in [-0.2, 0) is 6.42 Å². The van der Waals surface area contributed by atoms with Gasteiger partial charge >= 0.3 is 0 Å². The first-order valence-corrected chi connectivity index (χ1v) is 5.78. The minimum Gasteiger partial charge on any atom is -0.439 e. The number of rotatable bonds is 4. The maximum Gasteiger partial charge on any atom is 0.219 e. The summed E-state index contributed by atoms with van der Waals surface area (Å²) < 4.78 is 18.8. The number of ether oxygens (including phenoxy) is 1. The van der Waals surface area contributed by atoms with Crippen LogP contribution in [0, 0.1) is 12.7 Å². The van der Waals surface area contributed by atoms with Crippen LogP contribution in [0.4, 0.5) is 4.39 Å². The van der Waals surface area contributed by atoms with E-state index in [2.05, 4.69) is 4.98 Å². The average molecular weight is 246 g/mol. The SMILES string of the molecule is Cc1ccc(Oc2ccc(CCN)cn2)cc1F. The maximum atomic E-state index is 13.3. The molecular weight excluding hydrogens is 231 g/mol. The van der Waals surface area contributed by atoms with E-state index in [1.54, 1.807) is 31.3 Å². The Bertz CT molecular complexity index is 526. The molecule has 0 atom stereocenters. The van der Waals surface area contributed by atoms with Gasteiger partial charge in [-0.25, -0.2) is 9.37 Å². The molecule has 0 saturated heterocycles. The Kier molecular flexibility index (Phi) is 3.89. The van der Waals surface area contributed by atoms with Gasteiger partial charge in [0.1, 0.15) is 11.6 Å². The van der Waals surface area contributed by atoms with E-state index in [0.717, 1.165) is 12.0 Å². The van der Waals surface area contributed by atoms with Gasteiger partial charge in [-0.1, -0.05) is 12.1 Å². The predicted molar refractivity (Wildman–Crippen MR) is 68.2 cm³/mol. The van der Waals surface area contributed by atoms with Gasteiger partial charge in [0.25, 0.3) is 0 Å². The molecule has 0 spiro atoms. The lowest BCUT2D eigenvalue weighted by Gasteiger charge is -2.06. The van der Waals surface area contributed by atoms with Crippen LogP contribution in [0.5, 0.6) is 11.6 Å². The Morgan fingerprint density at radius 2 is 2.11 bits per heavy atom. The average Bonchev–Trinajstić information content (AvgIpc) is 2.37. The highest BCUT2D eigenvalue weighted by Gasteiger charge is 2.02. The molecule has 18 heavy (non-hydrogen) atoms. The lowest BCUT2D eigenvalue weighted by Crippen LogP contribution is -2.02. The van der Waals surface area contributed by atoms with Crippen molar-refractivity contribution in [1.29, 1.82) is 0 Å². The molecule has 1 heterocycles. The maximum absolute atomic E-state index is 13.3. The number of nitrogens with zero attached hydrogens (tertiary/aromatic N) is 1. The van der Waals surface area contributed by atoms with E-state index in [9.17, 15) is 4.39 Å². The summed E-state index contributed by atoms with van der Waals surface area (Å²) in [5, 5.41) is 0. The van der Waals surface area contributed by atoms with Crippen molar-refractivity contribution in [3.63, 3.8) is 0 Å². The van der Waals surface area contributed by atoms with Gasteiger partial charge in [-0.05, 0) is 37.1 Å². The Labute approximate surface area is 105 Å². The molecule has 0 bridgehead atoms. The molecule has 1 aromatic heterocycles. The van der Waals surface area contributed by atoms with Gasteiger partial charge < -0.3 is 10.5 Å². The monoisotopic (exact) mass is 246 g/mol. The third-order valence-corrected chi connectivity index (χ3v) is 2.60. The Morgan fingerprint density at radius 1 is 1.28 bits per heavy atom. The normalized spacial score (nSPS) is 10.4. The molecule has 0 aliphatic carbocycles. The summed E-state index contributed by atoms with van der Waals surface area (Å²) >= 11 is 0. The van der Waals surface area contributed by atoms with Gasteiger partial charge in [-0.15, -0.1) is 0 Å². The summed E-state index contributed by atoms with van der Waals surface area (Å²) in [5.41, 5.74) is 7.10. The number of aromatic nitrogens is 1. The molecular formula is C14H15FN2O. The molecule has 3 nitrogen and oxygen atoms in total. The van der Waals surface area contributed by atoms with Crippen molar-refractivity contribution in [3.05, 3.63) is 53.5 Å².